The zero-order chi connectivity index (χ0) is 13.1. The van der Waals surface area contributed by atoms with Crippen molar-refractivity contribution in [3.8, 4) is 0 Å². The third-order valence-corrected chi connectivity index (χ3v) is 2.84. The first-order valence-corrected chi connectivity index (χ1v) is 6.86. The average Bonchev–Trinajstić information content (AvgIpc) is 2.29. The minimum atomic E-state index is 0.588. The molecule has 3 N–H and O–H groups in total. The monoisotopic (exact) mass is 242 g/mol. The predicted octanol–water partition coefficient (Wildman–Crippen LogP) is 1.67. The van der Waals surface area contributed by atoms with Gasteiger partial charge in [-0.2, -0.15) is 0 Å². The van der Waals surface area contributed by atoms with E-state index in [4.69, 9.17) is 5.73 Å². The zero-order valence-corrected chi connectivity index (χ0v) is 12.0. The van der Waals surface area contributed by atoms with E-state index in [0.717, 1.165) is 45.6 Å². The standard InChI is InChI=1S/C13H30N4/c1-5-17(6-2)11-7-9-15-13(14)16-10-8-12(3)4/h12H,5-11H2,1-4H3,(H3,14,15,16). The minimum absolute atomic E-state index is 0.588. The fourth-order valence-corrected chi connectivity index (χ4v) is 1.58. The molecule has 102 valence electrons. The Morgan fingerprint density at radius 3 is 2.47 bits per heavy atom. The number of rotatable bonds is 9. The summed E-state index contributed by atoms with van der Waals surface area (Å²) in [5, 5.41) is 3.14. The summed E-state index contributed by atoms with van der Waals surface area (Å²) in [6.07, 6.45) is 2.21. The molecule has 0 aromatic carbocycles. The highest BCUT2D eigenvalue weighted by molar-refractivity contribution is 5.77. The molecule has 4 heteroatoms. The van der Waals surface area contributed by atoms with Gasteiger partial charge in [-0.3, -0.25) is 4.99 Å². The Labute approximate surface area is 107 Å². The lowest BCUT2D eigenvalue weighted by Gasteiger charge is -2.16. The normalized spacial score (nSPS) is 12.5. The first-order chi connectivity index (χ1) is 8.10. The Morgan fingerprint density at radius 1 is 1.29 bits per heavy atom. The molecule has 0 atom stereocenters. The highest BCUT2D eigenvalue weighted by Gasteiger charge is 1.98. The van der Waals surface area contributed by atoms with Crippen LogP contribution in [0.4, 0.5) is 0 Å². The zero-order valence-electron chi connectivity index (χ0n) is 12.0. The van der Waals surface area contributed by atoms with Crippen LogP contribution in [0, 0.1) is 5.92 Å². The summed E-state index contributed by atoms with van der Waals surface area (Å²) in [6.45, 7) is 13.9. The number of nitrogens with zero attached hydrogens (tertiary/aromatic N) is 2. The molecule has 0 aliphatic rings. The second-order valence-corrected chi connectivity index (χ2v) is 4.76. The van der Waals surface area contributed by atoms with Gasteiger partial charge in [-0.15, -0.1) is 0 Å². The molecule has 0 saturated heterocycles. The van der Waals surface area contributed by atoms with Gasteiger partial charge in [0.1, 0.15) is 0 Å². The molecule has 0 aliphatic heterocycles. The van der Waals surface area contributed by atoms with Crippen LogP contribution in [-0.2, 0) is 0 Å². The molecule has 0 amide bonds. The maximum Gasteiger partial charge on any atom is 0.188 e. The molecule has 0 bridgehead atoms. The van der Waals surface area contributed by atoms with Gasteiger partial charge in [0.05, 0.1) is 0 Å². The van der Waals surface area contributed by atoms with Crippen LogP contribution in [0.1, 0.15) is 40.5 Å². The third kappa shape index (κ3) is 10.1. The van der Waals surface area contributed by atoms with Crippen LogP contribution in [0.25, 0.3) is 0 Å². The number of hydrogen-bond acceptors (Lipinski definition) is 2. The predicted molar refractivity (Wildman–Crippen MR) is 76.4 cm³/mol. The molecule has 0 aromatic heterocycles. The summed E-state index contributed by atoms with van der Waals surface area (Å²) in [5.74, 6) is 1.29. The third-order valence-electron chi connectivity index (χ3n) is 2.84. The van der Waals surface area contributed by atoms with Crippen LogP contribution in [-0.4, -0.2) is 43.6 Å². The van der Waals surface area contributed by atoms with E-state index in [1.807, 2.05) is 0 Å². The van der Waals surface area contributed by atoms with E-state index in [1.54, 1.807) is 0 Å². The molecule has 0 unspecified atom stereocenters. The van der Waals surface area contributed by atoms with Crippen LogP contribution < -0.4 is 11.1 Å². The molecular weight excluding hydrogens is 212 g/mol. The van der Waals surface area contributed by atoms with Crippen LogP contribution in [0.2, 0.25) is 0 Å². The molecule has 0 aliphatic carbocycles. The summed E-state index contributed by atoms with van der Waals surface area (Å²) in [4.78, 5) is 6.72. The number of nitrogens with two attached hydrogens (primary N) is 1. The Balaban J connectivity index is 3.55. The summed E-state index contributed by atoms with van der Waals surface area (Å²) in [7, 11) is 0. The largest absolute Gasteiger partial charge is 0.370 e. The van der Waals surface area contributed by atoms with Gasteiger partial charge < -0.3 is 16.0 Å². The number of hydrogen-bond donors (Lipinski definition) is 2. The Morgan fingerprint density at radius 2 is 1.94 bits per heavy atom. The molecule has 17 heavy (non-hydrogen) atoms. The Hall–Kier alpha value is -0.770. The molecule has 4 nitrogen and oxygen atoms in total. The number of nitrogens with one attached hydrogen (secondary N) is 1. The van der Waals surface area contributed by atoms with Gasteiger partial charge in [0, 0.05) is 13.1 Å². The van der Waals surface area contributed by atoms with Crippen molar-refractivity contribution >= 4 is 5.96 Å². The Bertz CT molecular complexity index is 198. The van der Waals surface area contributed by atoms with Gasteiger partial charge in [0.2, 0.25) is 0 Å². The Kier molecular flexibility index (Phi) is 9.92. The van der Waals surface area contributed by atoms with Crippen molar-refractivity contribution in [1.82, 2.24) is 10.2 Å². The van der Waals surface area contributed by atoms with E-state index in [-0.39, 0.29) is 0 Å². The van der Waals surface area contributed by atoms with Crippen molar-refractivity contribution in [2.24, 2.45) is 16.6 Å². The van der Waals surface area contributed by atoms with Gasteiger partial charge >= 0.3 is 0 Å². The minimum Gasteiger partial charge on any atom is -0.370 e. The van der Waals surface area contributed by atoms with Crippen molar-refractivity contribution in [1.29, 1.82) is 0 Å². The topological polar surface area (TPSA) is 53.6 Å². The molecule has 0 fully saturated rings. The lowest BCUT2D eigenvalue weighted by atomic mass is 10.1. The maximum atomic E-state index is 5.77. The van der Waals surface area contributed by atoms with Gasteiger partial charge in [0.25, 0.3) is 0 Å². The molecule has 0 saturated carbocycles. The van der Waals surface area contributed by atoms with Crippen LogP contribution in [0.15, 0.2) is 4.99 Å². The van der Waals surface area contributed by atoms with Gasteiger partial charge in [-0.05, 0) is 38.4 Å². The van der Waals surface area contributed by atoms with Gasteiger partial charge in [0.15, 0.2) is 5.96 Å². The fourth-order valence-electron chi connectivity index (χ4n) is 1.58. The summed E-state index contributed by atoms with van der Waals surface area (Å²) < 4.78 is 0. The second kappa shape index (κ2) is 10.4. The number of aliphatic imine (C=N–C) groups is 1. The molecule has 0 rings (SSSR count). The van der Waals surface area contributed by atoms with Gasteiger partial charge in [-0.25, -0.2) is 0 Å². The molecule has 0 spiro atoms. The van der Waals surface area contributed by atoms with Crippen molar-refractivity contribution < 1.29 is 0 Å². The molecule has 0 heterocycles. The average molecular weight is 242 g/mol. The van der Waals surface area contributed by atoms with E-state index >= 15 is 0 Å². The van der Waals surface area contributed by atoms with E-state index in [0.29, 0.717) is 11.9 Å². The summed E-state index contributed by atoms with van der Waals surface area (Å²) >= 11 is 0. The van der Waals surface area contributed by atoms with E-state index in [2.05, 4.69) is 42.9 Å². The second-order valence-electron chi connectivity index (χ2n) is 4.76. The lowest BCUT2D eigenvalue weighted by molar-refractivity contribution is 0.302. The van der Waals surface area contributed by atoms with Crippen molar-refractivity contribution in [3.05, 3.63) is 0 Å². The SMILES string of the molecule is CCN(CC)CCCN=C(N)NCCC(C)C. The fraction of sp³-hybridized carbons (Fsp3) is 0.923. The molecule has 0 radical (unpaired) electrons. The van der Waals surface area contributed by atoms with Crippen molar-refractivity contribution in [2.45, 2.75) is 40.5 Å². The summed E-state index contributed by atoms with van der Waals surface area (Å²) in [5.41, 5.74) is 5.77. The summed E-state index contributed by atoms with van der Waals surface area (Å²) in [6, 6.07) is 0. The first kappa shape index (κ1) is 16.2. The molecule has 0 aromatic rings. The highest BCUT2D eigenvalue weighted by Crippen LogP contribution is 1.96. The quantitative estimate of drug-likeness (QED) is 0.367. The van der Waals surface area contributed by atoms with E-state index < -0.39 is 0 Å². The first-order valence-electron chi connectivity index (χ1n) is 6.86. The van der Waals surface area contributed by atoms with Crippen LogP contribution >= 0.6 is 0 Å². The van der Waals surface area contributed by atoms with Crippen LogP contribution in [0.3, 0.4) is 0 Å². The molecular formula is C13H30N4. The number of guanidine groups is 1. The van der Waals surface area contributed by atoms with E-state index in [9.17, 15) is 0 Å². The van der Waals surface area contributed by atoms with Crippen molar-refractivity contribution in [2.75, 3.05) is 32.7 Å². The maximum absolute atomic E-state index is 5.77. The van der Waals surface area contributed by atoms with Crippen molar-refractivity contribution in [3.63, 3.8) is 0 Å². The van der Waals surface area contributed by atoms with Crippen LogP contribution in [0.5, 0.6) is 0 Å². The van der Waals surface area contributed by atoms with E-state index in [1.165, 1.54) is 0 Å². The highest BCUT2D eigenvalue weighted by atomic mass is 15.1. The van der Waals surface area contributed by atoms with Gasteiger partial charge in [-0.1, -0.05) is 27.7 Å². The smallest absolute Gasteiger partial charge is 0.188 e. The lowest BCUT2D eigenvalue weighted by Crippen LogP contribution is -2.33.